The number of para-hydroxylation sites is 2. The molecule has 2 N–H and O–H groups in total. The summed E-state index contributed by atoms with van der Waals surface area (Å²) in [7, 11) is 0. The SMILES string of the molecule is Cc1ccc(C(N)Cc2nc3ccccc3o2)c(Cl)c1. The molecule has 0 aliphatic rings. The summed E-state index contributed by atoms with van der Waals surface area (Å²) >= 11 is 6.24. The van der Waals surface area contributed by atoms with Gasteiger partial charge in [0.05, 0.1) is 0 Å². The highest BCUT2D eigenvalue weighted by Crippen LogP contribution is 2.26. The van der Waals surface area contributed by atoms with Crippen LogP contribution in [-0.2, 0) is 6.42 Å². The number of benzene rings is 2. The van der Waals surface area contributed by atoms with Crippen molar-refractivity contribution in [3.63, 3.8) is 0 Å². The highest BCUT2D eigenvalue weighted by molar-refractivity contribution is 6.31. The molecule has 0 aliphatic carbocycles. The highest BCUT2D eigenvalue weighted by atomic mass is 35.5. The van der Waals surface area contributed by atoms with Crippen molar-refractivity contribution in [2.45, 2.75) is 19.4 Å². The summed E-state index contributed by atoms with van der Waals surface area (Å²) in [5, 5.41) is 0.689. The number of rotatable bonds is 3. The third-order valence-corrected chi connectivity index (χ3v) is 3.62. The van der Waals surface area contributed by atoms with Gasteiger partial charge in [0.25, 0.3) is 0 Å². The Labute approximate surface area is 122 Å². The molecule has 0 radical (unpaired) electrons. The topological polar surface area (TPSA) is 52.0 Å². The van der Waals surface area contributed by atoms with E-state index in [0.717, 1.165) is 22.2 Å². The Morgan fingerprint density at radius 2 is 2.05 bits per heavy atom. The monoisotopic (exact) mass is 286 g/mol. The number of aromatic nitrogens is 1. The normalized spacial score (nSPS) is 12.8. The molecule has 0 spiro atoms. The number of fused-ring (bicyclic) bond motifs is 1. The van der Waals surface area contributed by atoms with Crippen molar-refractivity contribution in [1.82, 2.24) is 4.98 Å². The van der Waals surface area contributed by atoms with Gasteiger partial charge in [-0.05, 0) is 36.2 Å². The Morgan fingerprint density at radius 1 is 1.25 bits per heavy atom. The molecule has 1 atom stereocenters. The van der Waals surface area contributed by atoms with E-state index in [-0.39, 0.29) is 6.04 Å². The van der Waals surface area contributed by atoms with Gasteiger partial charge in [0.15, 0.2) is 11.5 Å². The van der Waals surface area contributed by atoms with Crippen LogP contribution in [0.4, 0.5) is 0 Å². The molecule has 20 heavy (non-hydrogen) atoms. The second kappa shape index (κ2) is 5.27. The first kappa shape index (κ1) is 13.2. The van der Waals surface area contributed by atoms with Crippen LogP contribution in [0, 0.1) is 6.92 Å². The summed E-state index contributed by atoms with van der Waals surface area (Å²) in [5.74, 6) is 0.635. The van der Waals surface area contributed by atoms with Crippen LogP contribution in [0.1, 0.15) is 23.1 Å². The van der Waals surface area contributed by atoms with Gasteiger partial charge in [-0.15, -0.1) is 0 Å². The lowest BCUT2D eigenvalue weighted by Gasteiger charge is -2.12. The average molecular weight is 287 g/mol. The number of hydrogen-bond donors (Lipinski definition) is 1. The number of nitrogens with two attached hydrogens (primary N) is 1. The first-order valence-electron chi connectivity index (χ1n) is 6.49. The van der Waals surface area contributed by atoms with Crippen molar-refractivity contribution in [3.05, 3.63) is 64.5 Å². The van der Waals surface area contributed by atoms with E-state index in [1.165, 1.54) is 0 Å². The van der Waals surface area contributed by atoms with Gasteiger partial charge in [-0.1, -0.05) is 35.9 Å². The van der Waals surface area contributed by atoms with Crippen LogP contribution in [0.2, 0.25) is 5.02 Å². The van der Waals surface area contributed by atoms with Gasteiger partial charge in [-0.2, -0.15) is 0 Å². The summed E-state index contributed by atoms with van der Waals surface area (Å²) in [6.45, 7) is 2.00. The predicted octanol–water partition coefficient (Wildman–Crippen LogP) is 4.03. The molecule has 1 heterocycles. The van der Waals surface area contributed by atoms with E-state index >= 15 is 0 Å². The lowest BCUT2D eigenvalue weighted by molar-refractivity contribution is 0.502. The van der Waals surface area contributed by atoms with Gasteiger partial charge in [0, 0.05) is 17.5 Å². The zero-order valence-corrected chi connectivity index (χ0v) is 11.9. The minimum atomic E-state index is -0.226. The Hall–Kier alpha value is -1.84. The molecule has 0 aliphatic heterocycles. The van der Waals surface area contributed by atoms with Crippen LogP contribution in [-0.4, -0.2) is 4.98 Å². The summed E-state index contributed by atoms with van der Waals surface area (Å²) in [6, 6.07) is 13.3. The summed E-state index contributed by atoms with van der Waals surface area (Å²) < 4.78 is 5.69. The van der Waals surface area contributed by atoms with Crippen LogP contribution in [0.5, 0.6) is 0 Å². The van der Waals surface area contributed by atoms with E-state index in [0.29, 0.717) is 17.3 Å². The molecule has 102 valence electrons. The molecular weight excluding hydrogens is 272 g/mol. The minimum absolute atomic E-state index is 0.226. The van der Waals surface area contributed by atoms with Gasteiger partial charge >= 0.3 is 0 Å². The minimum Gasteiger partial charge on any atom is -0.441 e. The molecule has 0 bridgehead atoms. The average Bonchev–Trinajstić information content (AvgIpc) is 2.80. The lowest BCUT2D eigenvalue weighted by Crippen LogP contribution is -2.14. The third-order valence-electron chi connectivity index (χ3n) is 3.29. The van der Waals surface area contributed by atoms with Crippen molar-refractivity contribution in [2.75, 3.05) is 0 Å². The number of hydrogen-bond acceptors (Lipinski definition) is 3. The van der Waals surface area contributed by atoms with E-state index in [9.17, 15) is 0 Å². The third kappa shape index (κ3) is 2.55. The van der Waals surface area contributed by atoms with Crippen molar-refractivity contribution < 1.29 is 4.42 Å². The van der Waals surface area contributed by atoms with E-state index in [4.69, 9.17) is 21.8 Å². The quantitative estimate of drug-likeness (QED) is 0.791. The molecule has 0 fully saturated rings. The van der Waals surface area contributed by atoms with Gasteiger partial charge in [0.1, 0.15) is 5.52 Å². The molecule has 3 nitrogen and oxygen atoms in total. The molecule has 0 saturated carbocycles. The number of nitrogens with zero attached hydrogens (tertiary/aromatic N) is 1. The summed E-state index contributed by atoms with van der Waals surface area (Å²) in [6.07, 6.45) is 0.525. The number of oxazole rings is 1. The Kier molecular flexibility index (Phi) is 3.47. The summed E-state index contributed by atoms with van der Waals surface area (Å²) in [4.78, 5) is 4.44. The Bertz CT molecular complexity index is 718. The maximum Gasteiger partial charge on any atom is 0.197 e. The highest BCUT2D eigenvalue weighted by Gasteiger charge is 2.14. The van der Waals surface area contributed by atoms with E-state index in [2.05, 4.69) is 4.98 Å². The molecule has 2 aromatic carbocycles. The lowest BCUT2D eigenvalue weighted by atomic mass is 10.0. The van der Waals surface area contributed by atoms with Gasteiger partial charge in [0.2, 0.25) is 0 Å². The fraction of sp³-hybridized carbons (Fsp3) is 0.188. The second-order valence-corrected chi connectivity index (χ2v) is 5.32. The van der Waals surface area contributed by atoms with Crippen molar-refractivity contribution in [1.29, 1.82) is 0 Å². The second-order valence-electron chi connectivity index (χ2n) is 4.91. The fourth-order valence-electron chi connectivity index (χ4n) is 2.24. The fourth-order valence-corrected chi connectivity index (χ4v) is 2.61. The molecule has 0 amide bonds. The smallest absolute Gasteiger partial charge is 0.197 e. The van der Waals surface area contributed by atoms with Gasteiger partial charge < -0.3 is 10.2 Å². The zero-order chi connectivity index (χ0) is 14.1. The van der Waals surface area contributed by atoms with E-state index in [1.807, 2.05) is 49.4 Å². The molecule has 3 rings (SSSR count). The van der Waals surface area contributed by atoms with Crippen molar-refractivity contribution >= 4 is 22.7 Å². The molecular formula is C16H15ClN2O. The Balaban J connectivity index is 1.86. The molecule has 4 heteroatoms. The Morgan fingerprint density at radius 3 is 2.80 bits per heavy atom. The predicted molar refractivity (Wildman–Crippen MR) is 80.8 cm³/mol. The van der Waals surface area contributed by atoms with Crippen LogP contribution >= 0.6 is 11.6 Å². The molecule has 1 aromatic heterocycles. The maximum atomic E-state index is 6.24. The molecule has 0 saturated heterocycles. The van der Waals surface area contributed by atoms with Crippen molar-refractivity contribution in [2.24, 2.45) is 5.73 Å². The van der Waals surface area contributed by atoms with Crippen molar-refractivity contribution in [3.8, 4) is 0 Å². The van der Waals surface area contributed by atoms with E-state index in [1.54, 1.807) is 0 Å². The van der Waals surface area contributed by atoms with Crippen LogP contribution in [0.15, 0.2) is 46.9 Å². The first-order chi connectivity index (χ1) is 9.63. The standard InChI is InChI=1S/C16H15ClN2O/c1-10-6-7-11(12(17)8-10)13(18)9-16-19-14-4-2-3-5-15(14)20-16/h2-8,13H,9,18H2,1H3. The largest absolute Gasteiger partial charge is 0.441 e. The van der Waals surface area contributed by atoms with E-state index < -0.39 is 0 Å². The van der Waals surface area contributed by atoms with Gasteiger partial charge in [-0.3, -0.25) is 0 Å². The number of halogens is 1. The number of aryl methyl sites for hydroxylation is 1. The summed E-state index contributed by atoms with van der Waals surface area (Å²) in [5.41, 5.74) is 9.88. The molecule has 1 unspecified atom stereocenters. The first-order valence-corrected chi connectivity index (χ1v) is 6.87. The van der Waals surface area contributed by atoms with Gasteiger partial charge in [-0.25, -0.2) is 4.98 Å². The van der Waals surface area contributed by atoms with Crippen LogP contribution in [0.3, 0.4) is 0 Å². The van der Waals surface area contributed by atoms with Crippen LogP contribution in [0.25, 0.3) is 11.1 Å². The zero-order valence-electron chi connectivity index (χ0n) is 11.1. The molecule has 3 aromatic rings. The van der Waals surface area contributed by atoms with Crippen LogP contribution < -0.4 is 5.73 Å². The maximum absolute atomic E-state index is 6.24.